The van der Waals surface area contributed by atoms with Crippen LogP contribution in [0, 0.1) is 24.2 Å². The number of likely N-dealkylation sites (tertiary alicyclic amines) is 1. The molecule has 0 N–H and O–H groups in total. The molecule has 1 saturated carbocycles. The van der Waals surface area contributed by atoms with E-state index in [0.29, 0.717) is 17.8 Å². The molecule has 4 rings (SSSR count). The standard InChI is InChI=1S/C21H20ClF3NO/c22-16-5-1-4-15(9-16)11-26-12-19-18(20(19)13-26)8-7-14-3-2-6-17(10-14)27-21(23,24)25/h1-7,9-10,18-20H,8,11-13H2. The number of benzene rings is 2. The number of alkyl halides is 3. The van der Waals surface area contributed by atoms with Gasteiger partial charge in [0.05, 0.1) is 0 Å². The molecule has 0 aromatic heterocycles. The Hall–Kier alpha value is -1.72. The molecule has 0 bridgehead atoms. The van der Waals surface area contributed by atoms with E-state index in [2.05, 4.69) is 15.7 Å². The minimum Gasteiger partial charge on any atom is -0.406 e. The third kappa shape index (κ3) is 4.77. The van der Waals surface area contributed by atoms with Gasteiger partial charge in [0.2, 0.25) is 0 Å². The molecule has 2 unspecified atom stereocenters. The molecule has 6 heteroatoms. The van der Waals surface area contributed by atoms with Gasteiger partial charge in [0.15, 0.2) is 0 Å². The Bertz CT molecular complexity index is 798. The summed E-state index contributed by atoms with van der Waals surface area (Å²) in [6.07, 6.45) is -1.73. The number of halogens is 4. The highest BCUT2D eigenvalue weighted by molar-refractivity contribution is 6.30. The molecule has 1 aliphatic heterocycles. The van der Waals surface area contributed by atoms with Crippen molar-refractivity contribution >= 4 is 11.6 Å². The van der Waals surface area contributed by atoms with Crippen molar-refractivity contribution in [2.45, 2.75) is 19.3 Å². The number of ether oxygens (including phenoxy) is 1. The maximum Gasteiger partial charge on any atom is 0.573 e. The first-order valence-electron chi connectivity index (χ1n) is 9.03. The first-order chi connectivity index (χ1) is 12.9. The number of rotatable bonds is 6. The number of piperidine rings is 1. The van der Waals surface area contributed by atoms with Crippen molar-refractivity contribution in [1.29, 1.82) is 0 Å². The molecule has 2 atom stereocenters. The largest absolute Gasteiger partial charge is 0.573 e. The lowest BCUT2D eigenvalue weighted by Gasteiger charge is -2.19. The monoisotopic (exact) mass is 394 g/mol. The Balaban J connectivity index is 1.24. The van der Waals surface area contributed by atoms with Crippen LogP contribution in [-0.4, -0.2) is 24.4 Å². The van der Waals surface area contributed by atoms with Crippen LogP contribution >= 0.6 is 11.6 Å². The van der Waals surface area contributed by atoms with E-state index in [9.17, 15) is 13.2 Å². The summed E-state index contributed by atoms with van der Waals surface area (Å²) in [6, 6.07) is 14.1. The first kappa shape index (κ1) is 18.6. The number of nitrogens with zero attached hydrogens (tertiary/aromatic N) is 1. The van der Waals surface area contributed by atoms with Gasteiger partial charge in [0.25, 0.3) is 0 Å². The molecule has 0 amide bonds. The highest BCUT2D eigenvalue weighted by Gasteiger charge is 2.54. The van der Waals surface area contributed by atoms with Gasteiger partial charge in [-0.2, -0.15) is 0 Å². The van der Waals surface area contributed by atoms with Crippen LogP contribution in [0.2, 0.25) is 5.02 Å². The topological polar surface area (TPSA) is 12.5 Å². The third-order valence-corrected chi connectivity index (χ3v) is 5.69. The Labute approximate surface area is 161 Å². The Morgan fingerprint density at radius 2 is 1.81 bits per heavy atom. The second-order valence-electron chi connectivity index (χ2n) is 7.38. The quantitative estimate of drug-likeness (QED) is 0.636. The average Bonchev–Trinajstić information content (AvgIpc) is 3.03. The van der Waals surface area contributed by atoms with Crippen LogP contribution < -0.4 is 4.74 Å². The van der Waals surface area contributed by atoms with Crippen LogP contribution in [0.1, 0.15) is 17.5 Å². The fourth-order valence-electron chi connectivity index (χ4n) is 4.22. The van der Waals surface area contributed by atoms with Gasteiger partial charge in [-0.15, -0.1) is 13.2 Å². The van der Waals surface area contributed by atoms with Crippen molar-refractivity contribution < 1.29 is 17.9 Å². The molecule has 1 saturated heterocycles. The van der Waals surface area contributed by atoms with Crippen LogP contribution in [-0.2, 0) is 6.54 Å². The SMILES string of the molecule is FC(F)(F)Oc1cccc([CH]CC2C3CN(Cc4cccc(Cl)c4)CC23)c1. The molecule has 1 aliphatic carbocycles. The second kappa shape index (κ2) is 7.36. The van der Waals surface area contributed by atoms with Crippen molar-refractivity contribution in [2.24, 2.45) is 17.8 Å². The van der Waals surface area contributed by atoms with Crippen LogP contribution in [0.15, 0.2) is 48.5 Å². The Kier molecular flexibility index (Phi) is 5.08. The molecule has 27 heavy (non-hydrogen) atoms. The number of fused-ring (bicyclic) bond motifs is 1. The number of hydrogen-bond donors (Lipinski definition) is 0. The summed E-state index contributed by atoms with van der Waals surface area (Å²) >= 11 is 6.04. The van der Waals surface area contributed by atoms with E-state index >= 15 is 0 Å². The predicted molar refractivity (Wildman–Crippen MR) is 98.3 cm³/mol. The lowest BCUT2D eigenvalue weighted by molar-refractivity contribution is -0.274. The fraction of sp³-hybridized carbons (Fsp3) is 0.381. The van der Waals surface area contributed by atoms with Crippen LogP contribution in [0.5, 0.6) is 5.75 Å². The highest BCUT2D eigenvalue weighted by atomic mass is 35.5. The predicted octanol–water partition coefficient (Wildman–Crippen LogP) is 5.56. The lowest BCUT2D eigenvalue weighted by Crippen LogP contribution is -2.24. The van der Waals surface area contributed by atoms with Gasteiger partial charge >= 0.3 is 6.36 Å². The summed E-state index contributed by atoms with van der Waals surface area (Å²) in [4.78, 5) is 2.45. The molecule has 1 heterocycles. The molecule has 0 spiro atoms. The maximum atomic E-state index is 12.3. The minimum absolute atomic E-state index is 0.167. The summed E-state index contributed by atoms with van der Waals surface area (Å²) in [6.45, 7) is 3.07. The van der Waals surface area contributed by atoms with Gasteiger partial charge in [-0.3, -0.25) is 4.90 Å². The molecule has 2 fully saturated rings. The number of hydrogen-bond acceptors (Lipinski definition) is 2. The summed E-state index contributed by atoms with van der Waals surface area (Å²) in [5.74, 6) is 1.85. The van der Waals surface area contributed by atoms with Crippen molar-refractivity contribution in [3.63, 3.8) is 0 Å². The normalized spacial score (nSPS) is 24.7. The van der Waals surface area contributed by atoms with Crippen LogP contribution in [0.4, 0.5) is 13.2 Å². The van der Waals surface area contributed by atoms with Crippen molar-refractivity contribution in [3.8, 4) is 5.75 Å². The van der Waals surface area contributed by atoms with Gasteiger partial charge < -0.3 is 4.74 Å². The average molecular weight is 395 g/mol. The van der Waals surface area contributed by atoms with E-state index in [-0.39, 0.29) is 5.75 Å². The molecule has 2 aromatic carbocycles. The Morgan fingerprint density at radius 3 is 2.52 bits per heavy atom. The molecule has 2 nitrogen and oxygen atoms in total. The van der Waals surface area contributed by atoms with Gasteiger partial charge in [-0.25, -0.2) is 0 Å². The molecule has 2 aliphatic rings. The van der Waals surface area contributed by atoms with E-state index in [0.717, 1.165) is 36.6 Å². The van der Waals surface area contributed by atoms with E-state index in [4.69, 9.17) is 11.6 Å². The van der Waals surface area contributed by atoms with E-state index < -0.39 is 6.36 Å². The molecule has 1 radical (unpaired) electrons. The zero-order chi connectivity index (χ0) is 19.0. The third-order valence-electron chi connectivity index (χ3n) is 5.46. The molecular weight excluding hydrogens is 375 g/mol. The summed E-state index contributed by atoms with van der Waals surface area (Å²) < 4.78 is 41.0. The van der Waals surface area contributed by atoms with Gasteiger partial charge in [0.1, 0.15) is 5.75 Å². The zero-order valence-corrected chi connectivity index (χ0v) is 15.4. The van der Waals surface area contributed by atoms with Crippen LogP contribution in [0.25, 0.3) is 0 Å². The highest BCUT2D eigenvalue weighted by Crippen LogP contribution is 2.54. The van der Waals surface area contributed by atoms with E-state index in [1.807, 2.05) is 30.7 Å². The molecule has 143 valence electrons. The first-order valence-corrected chi connectivity index (χ1v) is 9.41. The van der Waals surface area contributed by atoms with Crippen LogP contribution in [0.3, 0.4) is 0 Å². The molecule has 2 aromatic rings. The smallest absolute Gasteiger partial charge is 0.406 e. The van der Waals surface area contributed by atoms with Gasteiger partial charge in [-0.1, -0.05) is 35.9 Å². The van der Waals surface area contributed by atoms with Crippen molar-refractivity contribution in [1.82, 2.24) is 4.90 Å². The van der Waals surface area contributed by atoms with Gasteiger partial charge in [0, 0.05) is 24.7 Å². The van der Waals surface area contributed by atoms with Crippen molar-refractivity contribution in [3.05, 3.63) is 71.1 Å². The molecular formula is C21H20ClF3NO. The van der Waals surface area contributed by atoms with Crippen molar-refractivity contribution in [2.75, 3.05) is 13.1 Å². The van der Waals surface area contributed by atoms with E-state index in [1.165, 1.54) is 17.7 Å². The second-order valence-corrected chi connectivity index (χ2v) is 7.81. The minimum atomic E-state index is -4.65. The van der Waals surface area contributed by atoms with E-state index in [1.54, 1.807) is 6.07 Å². The summed E-state index contributed by atoms with van der Waals surface area (Å²) in [5.41, 5.74) is 2.01. The fourth-order valence-corrected chi connectivity index (χ4v) is 4.43. The lowest BCUT2D eigenvalue weighted by atomic mass is 10.0. The summed E-state index contributed by atoms with van der Waals surface area (Å²) in [7, 11) is 0. The maximum absolute atomic E-state index is 12.3. The van der Waals surface area contributed by atoms with Gasteiger partial charge in [-0.05, 0) is 66.0 Å². The zero-order valence-electron chi connectivity index (χ0n) is 14.6. The summed E-state index contributed by atoms with van der Waals surface area (Å²) in [5, 5.41) is 0.765. The Morgan fingerprint density at radius 1 is 1.07 bits per heavy atom.